The maximum absolute atomic E-state index is 13.3. The molecule has 2 heterocycles. The maximum Gasteiger partial charge on any atom is 0.416 e. The Labute approximate surface area is 197 Å². The summed E-state index contributed by atoms with van der Waals surface area (Å²) in [5.74, 6) is 0.116. The van der Waals surface area contributed by atoms with Crippen LogP contribution in [-0.4, -0.2) is 28.0 Å². The smallest absolute Gasteiger partial charge is 0.416 e. The molecule has 0 aliphatic rings. The highest BCUT2D eigenvalue weighted by atomic mass is 19.4. The average Bonchev–Trinajstić information content (AvgIpc) is 3.20. The molecule has 2 aromatic heterocycles. The molecule has 0 saturated carbocycles. The summed E-state index contributed by atoms with van der Waals surface area (Å²) in [5, 5.41) is 11.3. The fraction of sp³-hybridized carbons (Fsp3) is 0.250. The van der Waals surface area contributed by atoms with Crippen LogP contribution in [0.15, 0.2) is 51.8 Å². The lowest BCUT2D eigenvalue weighted by Gasteiger charge is -2.18. The summed E-state index contributed by atoms with van der Waals surface area (Å²) in [6.45, 7) is 4.63. The van der Waals surface area contributed by atoms with E-state index in [1.54, 1.807) is 32.0 Å². The zero-order chi connectivity index (χ0) is 25.5. The highest BCUT2D eigenvalue weighted by Gasteiger charge is 2.30. The number of hydrogen-bond acceptors (Lipinski definition) is 6. The van der Waals surface area contributed by atoms with Gasteiger partial charge in [0.15, 0.2) is 0 Å². The number of nitrogens with one attached hydrogen (secondary N) is 1. The molecule has 35 heavy (non-hydrogen) atoms. The third-order valence-corrected chi connectivity index (χ3v) is 5.57. The number of alkyl halides is 3. The first-order valence-corrected chi connectivity index (χ1v) is 10.5. The number of methoxy groups -OCH3 is 1. The molecule has 2 aromatic carbocycles. The molecule has 0 unspecified atom stereocenters. The van der Waals surface area contributed by atoms with E-state index in [1.807, 2.05) is 0 Å². The predicted molar refractivity (Wildman–Crippen MR) is 122 cm³/mol. The highest BCUT2D eigenvalue weighted by Crippen LogP contribution is 2.36. The fourth-order valence-corrected chi connectivity index (χ4v) is 3.80. The van der Waals surface area contributed by atoms with E-state index in [4.69, 9.17) is 9.26 Å². The molecule has 0 aliphatic heterocycles. The number of nitrogens with zero attached hydrogens (tertiary/aromatic N) is 3. The number of rotatable bonds is 5. The van der Waals surface area contributed by atoms with Crippen LogP contribution in [0.25, 0.3) is 22.2 Å². The van der Waals surface area contributed by atoms with Crippen molar-refractivity contribution < 1.29 is 27.2 Å². The Balaban J connectivity index is 1.93. The van der Waals surface area contributed by atoms with Crippen molar-refractivity contribution in [1.82, 2.24) is 14.9 Å². The number of ether oxygens (including phenoxy) is 1. The quantitative estimate of drug-likeness (QED) is 0.428. The van der Waals surface area contributed by atoms with Gasteiger partial charge in [0.2, 0.25) is 11.5 Å². The monoisotopic (exact) mass is 486 g/mol. The van der Waals surface area contributed by atoms with E-state index in [0.717, 1.165) is 12.1 Å². The van der Waals surface area contributed by atoms with Crippen LogP contribution in [0.4, 0.5) is 18.9 Å². The molecule has 0 spiro atoms. The van der Waals surface area contributed by atoms with Crippen molar-refractivity contribution in [3.63, 3.8) is 0 Å². The van der Waals surface area contributed by atoms with Crippen LogP contribution in [0.2, 0.25) is 0 Å². The van der Waals surface area contributed by atoms with Crippen LogP contribution in [0.5, 0.6) is 5.75 Å². The van der Waals surface area contributed by atoms with Gasteiger partial charge in [-0.1, -0.05) is 17.3 Å². The third kappa shape index (κ3) is 4.48. The van der Waals surface area contributed by atoms with Crippen LogP contribution < -0.4 is 15.6 Å². The molecular formula is C24H21F3N4O4. The maximum atomic E-state index is 13.3. The summed E-state index contributed by atoms with van der Waals surface area (Å²) in [7, 11) is 1.46. The van der Waals surface area contributed by atoms with Crippen molar-refractivity contribution >= 4 is 22.6 Å². The molecule has 1 atom stereocenters. The van der Waals surface area contributed by atoms with Crippen molar-refractivity contribution in [2.24, 2.45) is 0 Å². The number of anilines is 1. The molecule has 0 saturated heterocycles. The molecule has 1 amide bonds. The van der Waals surface area contributed by atoms with Crippen LogP contribution in [0, 0.1) is 6.92 Å². The summed E-state index contributed by atoms with van der Waals surface area (Å²) in [5.41, 5.74) is 0.724. The molecule has 11 heteroatoms. The Bertz CT molecular complexity index is 1470. The van der Waals surface area contributed by atoms with E-state index >= 15 is 0 Å². The minimum atomic E-state index is -4.47. The molecular weight excluding hydrogens is 465 g/mol. The van der Waals surface area contributed by atoms with Gasteiger partial charge in [-0.15, -0.1) is 0 Å². The van der Waals surface area contributed by atoms with Gasteiger partial charge < -0.3 is 14.6 Å². The first kappa shape index (κ1) is 24.0. The van der Waals surface area contributed by atoms with Crippen LogP contribution >= 0.6 is 0 Å². The van der Waals surface area contributed by atoms with Gasteiger partial charge in [-0.2, -0.15) is 18.3 Å². The standard InChI is InChI=1S/C24H21F3N4O4/c1-12-20-22(35-30-12)21(18-11-17(28-14(3)32)9-10-19(18)34-4)29-31(23(20)33)13(2)15-5-7-16(8-6-15)24(25,26)27/h5-11,13H,1-4H3,(H,28,32)/t13-/m0/s1. The summed E-state index contributed by atoms with van der Waals surface area (Å²) >= 11 is 0. The second-order valence-electron chi connectivity index (χ2n) is 7.96. The number of aromatic nitrogens is 3. The van der Waals surface area contributed by atoms with Gasteiger partial charge in [-0.3, -0.25) is 9.59 Å². The third-order valence-electron chi connectivity index (χ3n) is 5.57. The van der Waals surface area contributed by atoms with Crippen molar-refractivity contribution in [2.45, 2.75) is 33.0 Å². The molecule has 0 bridgehead atoms. The second kappa shape index (κ2) is 8.90. The summed E-state index contributed by atoms with van der Waals surface area (Å²) in [4.78, 5) is 24.9. The van der Waals surface area contributed by atoms with E-state index in [9.17, 15) is 22.8 Å². The highest BCUT2D eigenvalue weighted by molar-refractivity contribution is 5.94. The largest absolute Gasteiger partial charge is 0.496 e. The molecule has 1 N–H and O–H groups in total. The number of halogens is 3. The van der Waals surface area contributed by atoms with Crippen molar-refractivity contribution in [1.29, 1.82) is 0 Å². The van der Waals surface area contributed by atoms with Crippen molar-refractivity contribution in [2.75, 3.05) is 12.4 Å². The zero-order valence-electron chi connectivity index (χ0n) is 19.2. The van der Waals surface area contributed by atoms with Gasteiger partial charge in [-0.05, 0) is 49.7 Å². The van der Waals surface area contributed by atoms with Gasteiger partial charge in [0, 0.05) is 12.6 Å². The van der Waals surface area contributed by atoms with Crippen LogP contribution in [0.1, 0.15) is 36.7 Å². The number of carbonyl (C=O) groups is 1. The lowest BCUT2D eigenvalue weighted by molar-refractivity contribution is -0.137. The predicted octanol–water partition coefficient (Wildman–Crippen LogP) is 4.96. The molecule has 4 rings (SSSR count). The average molecular weight is 486 g/mol. The first-order chi connectivity index (χ1) is 16.5. The fourth-order valence-electron chi connectivity index (χ4n) is 3.80. The van der Waals surface area contributed by atoms with E-state index in [-0.39, 0.29) is 22.6 Å². The van der Waals surface area contributed by atoms with Gasteiger partial charge in [0.05, 0.1) is 30.0 Å². The molecule has 4 aromatic rings. The lowest BCUT2D eigenvalue weighted by atomic mass is 10.0. The number of benzene rings is 2. The molecule has 8 nitrogen and oxygen atoms in total. The van der Waals surface area contributed by atoms with Gasteiger partial charge in [-0.25, -0.2) is 4.68 Å². The minimum Gasteiger partial charge on any atom is -0.496 e. The number of hydrogen-bond donors (Lipinski definition) is 1. The van der Waals surface area contributed by atoms with Crippen molar-refractivity contribution in [3.8, 4) is 17.0 Å². The molecule has 0 fully saturated rings. The minimum absolute atomic E-state index is 0.127. The van der Waals surface area contributed by atoms with Gasteiger partial charge in [0.25, 0.3) is 5.56 Å². The van der Waals surface area contributed by atoms with Crippen molar-refractivity contribution in [3.05, 3.63) is 69.6 Å². The van der Waals surface area contributed by atoms with E-state index in [2.05, 4.69) is 15.6 Å². The molecule has 182 valence electrons. The Morgan fingerprint density at radius 3 is 2.46 bits per heavy atom. The zero-order valence-corrected chi connectivity index (χ0v) is 19.2. The lowest BCUT2D eigenvalue weighted by Crippen LogP contribution is -2.27. The molecule has 0 radical (unpaired) electrons. The van der Waals surface area contributed by atoms with E-state index < -0.39 is 23.3 Å². The van der Waals surface area contributed by atoms with Gasteiger partial charge in [0.1, 0.15) is 16.8 Å². The number of amides is 1. The van der Waals surface area contributed by atoms with Crippen LogP contribution in [0.3, 0.4) is 0 Å². The SMILES string of the molecule is COc1ccc(NC(C)=O)cc1-c1nn([C@@H](C)c2ccc(C(F)(F)F)cc2)c(=O)c2c(C)noc12. The first-order valence-electron chi connectivity index (χ1n) is 10.5. The number of fused-ring (bicyclic) bond motifs is 1. The normalized spacial score (nSPS) is 12.5. The summed E-state index contributed by atoms with van der Waals surface area (Å²) < 4.78 is 51.1. The summed E-state index contributed by atoms with van der Waals surface area (Å²) in [6.07, 6.45) is -4.47. The number of aryl methyl sites for hydroxylation is 1. The molecule has 0 aliphatic carbocycles. The summed E-state index contributed by atoms with van der Waals surface area (Å²) in [6, 6.07) is 8.72. The van der Waals surface area contributed by atoms with Gasteiger partial charge >= 0.3 is 6.18 Å². The topological polar surface area (TPSA) is 99.2 Å². The number of carbonyl (C=O) groups excluding carboxylic acids is 1. The Hall–Kier alpha value is -4.15. The second-order valence-corrected chi connectivity index (χ2v) is 7.96. The van der Waals surface area contributed by atoms with E-state index in [1.165, 1.54) is 30.8 Å². The Morgan fingerprint density at radius 2 is 1.86 bits per heavy atom. The Kier molecular flexibility index (Phi) is 6.10. The van der Waals surface area contributed by atoms with E-state index in [0.29, 0.717) is 28.3 Å². The Morgan fingerprint density at radius 1 is 1.17 bits per heavy atom. The van der Waals surface area contributed by atoms with Crippen LogP contribution in [-0.2, 0) is 11.0 Å².